The Morgan fingerprint density at radius 1 is 1.13 bits per heavy atom. The first-order valence-electron chi connectivity index (χ1n) is 5.85. The summed E-state index contributed by atoms with van der Waals surface area (Å²) in [7, 11) is 2.17. The van der Waals surface area contributed by atoms with Gasteiger partial charge in [-0.3, -0.25) is 0 Å². The third-order valence-corrected chi connectivity index (χ3v) is 3.47. The van der Waals surface area contributed by atoms with E-state index >= 15 is 0 Å². The molecule has 3 rings (SSSR count). The highest BCUT2D eigenvalue weighted by molar-refractivity contribution is 5.05. The summed E-state index contributed by atoms with van der Waals surface area (Å²) >= 11 is 0. The molecule has 1 aliphatic heterocycles. The molecule has 1 aliphatic carbocycles. The Hall–Kier alpha value is -0.900. The lowest BCUT2D eigenvalue weighted by molar-refractivity contribution is 0.227. The Balaban J connectivity index is 1.69. The minimum absolute atomic E-state index is 0.501. The Morgan fingerprint density at radius 2 is 1.87 bits per heavy atom. The van der Waals surface area contributed by atoms with Crippen LogP contribution in [-0.2, 0) is 0 Å². The molecule has 15 heavy (non-hydrogen) atoms. The molecule has 0 spiro atoms. The van der Waals surface area contributed by atoms with Crippen LogP contribution < -0.4 is 0 Å². The van der Waals surface area contributed by atoms with E-state index in [9.17, 15) is 0 Å². The molecule has 0 N–H and O–H groups in total. The second kappa shape index (κ2) is 3.59. The number of likely N-dealkylation sites (tertiary alicyclic amines) is 1. The zero-order valence-corrected chi connectivity index (χ0v) is 9.15. The van der Waals surface area contributed by atoms with Crippen molar-refractivity contribution in [2.75, 3.05) is 20.1 Å². The van der Waals surface area contributed by atoms with Gasteiger partial charge in [0.25, 0.3) is 0 Å². The summed E-state index contributed by atoms with van der Waals surface area (Å²) in [5.41, 5.74) is 0. The van der Waals surface area contributed by atoms with Crippen LogP contribution in [0.4, 0.5) is 0 Å². The van der Waals surface area contributed by atoms with E-state index in [1.807, 2.05) is 0 Å². The van der Waals surface area contributed by atoms with Crippen LogP contribution in [0.1, 0.15) is 49.2 Å². The van der Waals surface area contributed by atoms with Crippen LogP contribution >= 0.6 is 0 Å². The molecule has 82 valence electrons. The Labute approximate surface area is 89.6 Å². The molecular formula is C11H17N3O. The third kappa shape index (κ3) is 1.91. The normalized spacial score (nSPS) is 24.6. The average Bonchev–Trinajstić information content (AvgIpc) is 2.99. The van der Waals surface area contributed by atoms with E-state index in [2.05, 4.69) is 22.1 Å². The van der Waals surface area contributed by atoms with Gasteiger partial charge < -0.3 is 9.42 Å². The predicted molar refractivity (Wildman–Crippen MR) is 55.7 cm³/mol. The Bertz CT molecular complexity index is 337. The quantitative estimate of drug-likeness (QED) is 0.741. The van der Waals surface area contributed by atoms with Crippen molar-refractivity contribution in [3.63, 3.8) is 0 Å². The molecule has 0 amide bonds. The van der Waals surface area contributed by atoms with E-state index in [1.165, 1.54) is 12.8 Å². The van der Waals surface area contributed by atoms with Gasteiger partial charge in [-0.25, -0.2) is 0 Å². The first-order chi connectivity index (χ1) is 7.33. The molecule has 2 fully saturated rings. The maximum absolute atomic E-state index is 5.36. The molecule has 0 bridgehead atoms. The van der Waals surface area contributed by atoms with Crippen molar-refractivity contribution >= 4 is 0 Å². The van der Waals surface area contributed by atoms with Crippen molar-refractivity contribution in [1.82, 2.24) is 15.0 Å². The lowest BCUT2D eigenvalue weighted by Gasteiger charge is -2.26. The van der Waals surface area contributed by atoms with E-state index in [1.54, 1.807) is 0 Å². The first kappa shape index (κ1) is 9.33. The van der Waals surface area contributed by atoms with Crippen molar-refractivity contribution in [3.05, 3.63) is 11.7 Å². The molecule has 2 heterocycles. The lowest BCUT2D eigenvalue weighted by atomic mass is 9.97. The molecule has 0 radical (unpaired) electrons. The average molecular weight is 207 g/mol. The molecule has 1 saturated carbocycles. The first-order valence-corrected chi connectivity index (χ1v) is 5.85. The van der Waals surface area contributed by atoms with Crippen molar-refractivity contribution in [1.29, 1.82) is 0 Å². The highest BCUT2D eigenvalue weighted by atomic mass is 16.5. The van der Waals surface area contributed by atoms with Gasteiger partial charge in [0.15, 0.2) is 5.82 Å². The minimum atomic E-state index is 0.501. The van der Waals surface area contributed by atoms with Gasteiger partial charge in [0.1, 0.15) is 0 Å². The molecule has 4 heteroatoms. The molecule has 1 saturated heterocycles. The number of hydrogen-bond acceptors (Lipinski definition) is 4. The van der Waals surface area contributed by atoms with Crippen LogP contribution in [0, 0.1) is 0 Å². The van der Waals surface area contributed by atoms with Crippen LogP contribution in [0.15, 0.2) is 4.52 Å². The van der Waals surface area contributed by atoms with E-state index in [0.29, 0.717) is 11.8 Å². The van der Waals surface area contributed by atoms with Crippen molar-refractivity contribution in [2.45, 2.75) is 37.5 Å². The fourth-order valence-corrected chi connectivity index (χ4v) is 2.18. The van der Waals surface area contributed by atoms with Gasteiger partial charge in [0.2, 0.25) is 5.89 Å². The van der Waals surface area contributed by atoms with Gasteiger partial charge in [-0.15, -0.1) is 0 Å². The molecule has 0 atom stereocenters. The van der Waals surface area contributed by atoms with E-state index in [0.717, 1.165) is 37.6 Å². The fourth-order valence-electron chi connectivity index (χ4n) is 2.18. The number of nitrogens with zero attached hydrogens (tertiary/aromatic N) is 3. The summed E-state index contributed by atoms with van der Waals surface area (Å²) in [4.78, 5) is 6.88. The standard InChI is InChI=1S/C11H17N3O/c1-14-6-4-9(5-7-14)11-12-10(13-15-11)8-2-3-8/h8-9H,2-7H2,1H3. The van der Waals surface area contributed by atoms with Crippen molar-refractivity contribution in [3.8, 4) is 0 Å². The summed E-state index contributed by atoms with van der Waals surface area (Å²) in [5.74, 6) is 2.93. The largest absolute Gasteiger partial charge is 0.339 e. The van der Waals surface area contributed by atoms with Gasteiger partial charge in [-0.1, -0.05) is 5.16 Å². The summed E-state index contributed by atoms with van der Waals surface area (Å²) < 4.78 is 5.36. The van der Waals surface area contributed by atoms with Gasteiger partial charge in [-0.05, 0) is 45.8 Å². The summed E-state index contributed by atoms with van der Waals surface area (Å²) in [5, 5.41) is 4.07. The fraction of sp³-hybridized carbons (Fsp3) is 0.818. The van der Waals surface area contributed by atoms with Crippen LogP contribution in [0.5, 0.6) is 0 Å². The molecular weight excluding hydrogens is 190 g/mol. The third-order valence-electron chi connectivity index (χ3n) is 3.47. The van der Waals surface area contributed by atoms with Crippen LogP contribution in [0.25, 0.3) is 0 Å². The van der Waals surface area contributed by atoms with E-state index in [-0.39, 0.29) is 0 Å². The van der Waals surface area contributed by atoms with Gasteiger partial charge in [0.05, 0.1) is 0 Å². The van der Waals surface area contributed by atoms with Crippen LogP contribution in [-0.4, -0.2) is 35.2 Å². The smallest absolute Gasteiger partial charge is 0.229 e. The zero-order valence-electron chi connectivity index (χ0n) is 9.15. The summed E-state index contributed by atoms with van der Waals surface area (Å²) in [6.45, 7) is 2.29. The number of piperidine rings is 1. The Kier molecular flexibility index (Phi) is 2.24. The van der Waals surface area contributed by atoms with Gasteiger partial charge >= 0.3 is 0 Å². The number of aromatic nitrogens is 2. The lowest BCUT2D eigenvalue weighted by Crippen LogP contribution is -2.29. The molecule has 0 aromatic carbocycles. The maximum Gasteiger partial charge on any atom is 0.229 e. The van der Waals surface area contributed by atoms with Gasteiger partial charge in [-0.2, -0.15) is 4.98 Å². The van der Waals surface area contributed by atoms with Crippen LogP contribution in [0.2, 0.25) is 0 Å². The second-order valence-corrected chi connectivity index (χ2v) is 4.84. The molecule has 2 aliphatic rings. The highest BCUT2D eigenvalue weighted by Gasteiger charge is 2.31. The topological polar surface area (TPSA) is 42.2 Å². The number of rotatable bonds is 2. The van der Waals surface area contributed by atoms with Crippen molar-refractivity contribution < 1.29 is 4.52 Å². The molecule has 1 aromatic heterocycles. The van der Waals surface area contributed by atoms with Crippen molar-refractivity contribution in [2.24, 2.45) is 0 Å². The summed E-state index contributed by atoms with van der Waals surface area (Å²) in [6, 6.07) is 0. The van der Waals surface area contributed by atoms with Gasteiger partial charge in [0, 0.05) is 11.8 Å². The highest BCUT2D eigenvalue weighted by Crippen LogP contribution is 2.39. The van der Waals surface area contributed by atoms with E-state index in [4.69, 9.17) is 4.52 Å². The minimum Gasteiger partial charge on any atom is -0.339 e. The number of hydrogen-bond donors (Lipinski definition) is 0. The molecule has 1 aromatic rings. The summed E-state index contributed by atoms with van der Waals surface area (Å²) in [6.07, 6.45) is 4.80. The predicted octanol–water partition coefficient (Wildman–Crippen LogP) is 1.76. The monoisotopic (exact) mass is 207 g/mol. The van der Waals surface area contributed by atoms with E-state index < -0.39 is 0 Å². The zero-order chi connectivity index (χ0) is 10.3. The maximum atomic E-state index is 5.36. The Morgan fingerprint density at radius 3 is 2.53 bits per heavy atom. The second-order valence-electron chi connectivity index (χ2n) is 4.84. The SMILES string of the molecule is CN1CCC(c2nc(C3CC3)no2)CC1. The molecule has 4 nitrogen and oxygen atoms in total. The molecule has 0 unspecified atom stereocenters. The van der Waals surface area contributed by atoms with Crippen LogP contribution in [0.3, 0.4) is 0 Å².